The predicted molar refractivity (Wildman–Crippen MR) is 100 cm³/mol. The number of para-hydroxylation sites is 2. The summed E-state index contributed by atoms with van der Waals surface area (Å²) in [4.78, 5) is 33.8. The Morgan fingerprint density at radius 3 is 2.88 bits per heavy atom. The zero-order chi connectivity index (χ0) is 17.2. The Balaban J connectivity index is 1.52. The molecule has 3 aromatic rings. The molecule has 0 unspecified atom stereocenters. The van der Waals surface area contributed by atoms with E-state index >= 15 is 0 Å². The van der Waals surface area contributed by atoms with Crippen molar-refractivity contribution in [1.82, 2.24) is 9.97 Å². The van der Waals surface area contributed by atoms with Gasteiger partial charge in [0.05, 0.1) is 16.7 Å². The highest BCUT2D eigenvalue weighted by Gasteiger charge is 2.22. The minimum absolute atomic E-state index is 0.0351. The summed E-state index contributed by atoms with van der Waals surface area (Å²) in [5.41, 5.74) is 2.68. The number of thioether (sulfide) groups is 1. The Hall–Kier alpha value is -2.60. The van der Waals surface area contributed by atoms with Gasteiger partial charge in [0.15, 0.2) is 5.16 Å². The average Bonchev–Trinajstić information content (AvgIpc) is 2.66. The normalized spacial score (nSPS) is 13.7. The van der Waals surface area contributed by atoms with Gasteiger partial charge in [-0.2, -0.15) is 0 Å². The standard InChI is InChI=1S/C19H17N3O2S/c23-17(22-11-5-7-13-6-1-4-10-16(13)22)12-25-19-20-15-9-3-2-8-14(15)18(24)21-19/h1-4,6,8-10H,5,7,11-12H2,(H,20,21,24). The van der Waals surface area contributed by atoms with Gasteiger partial charge in [0.2, 0.25) is 5.91 Å². The van der Waals surface area contributed by atoms with Gasteiger partial charge in [-0.3, -0.25) is 9.59 Å². The number of hydrogen-bond acceptors (Lipinski definition) is 4. The maximum Gasteiger partial charge on any atom is 0.259 e. The van der Waals surface area contributed by atoms with Crippen LogP contribution >= 0.6 is 11.8 Å². The van der Waals surface area contributed by atoms with Crippen molar-refractivity contribution < 1.29 is 4.79 Å². The number of amides is 1. The van der Waals surface area contributed by atoms with Crippen molar-refractivity contribution >= 4 is 34.3 Å². The van der Waals surface area contributed by atoms with E-state index in [9.17, 15) is 9.59 Å². The smallest absolute Gasteiger partial charge is 0.259 e. The molecule has 1 N–H and O–H groups in total. The molecule has 0 aliphatic carbocycles. The number of nitrogens with one attached hydrogen (secondary N) is 1. The van der Waals surface area contributed by atoms with Gasteiger partial charge < -0.3 is 9.88 Å². The van der Waals surface area contributed by atoms with Crippen molar-refractivity contribution in [2.75, 3.05) is 17.2 Å². The number of benzene rings is 2. The van der Waals surface area contributed by atoms with Crippen LogP contribution in [0.4, 0.5) is 5.69 Å². The van der Waals surface area contributed by atoms with Gasteiger partial charge >= 0.3 is 0 Å². The van der Waals surface area contributed by atoms with Crippen LogP contribution in [0.2, 0.25) is 0 Å². The van der Waals surface area contributed by atoms with Crippen molar-refractivity contribution in [2.45, 2.75) is 18.0 Å². The number of hydrogen-bond donors (Lipinski definition) is 1. The summed E-state index contributed by atoms with van der Waals surface area (Å²) in [5.74, 6) is 0.281. The molecule has 6 heteroatoms. The molecular weight excluding hydrogens is 334 g/mol. The maximum atomic E-state index is 12.7. The number of H-pyrrole nitrogens is 1. The fourth-order valence-corrected chi connectivity index (χ4v) is 3.88. The number of fused-ring (bicyclic) bond motifs is 2. The second-order valence-corrected chi connectivity index (χ2v) is 6.92. The third kappa shape index (κ3) is 3.17. The van der Waals surface area contributed by atoms with E-state index < -0.39 is 0 Å². The fraction of sp³-hybridized carbons (Fsp3) is 0.211. The van der Waals surface area contributed by atoms with E-state index in [1.807, 2.05) is 35.2 Å². The molecule has 0 radical (unpaired) electrons. The quantitative estimate of drug-likeness (QED) is 0.582. The first-order valence-electron chi connectivity index (χ1n) is 8.22. The Labute approximate surface area is 149 Å². The van der Waals surface area contributed by atoms with Crippen molar-refractivity contribution in [3.05, 3.63) is 64.4 Å². The van der Waals surface area contributed by atoms with Gasteiger partial charge in [-0.1, -0.05) is 42.1 Å². The second-order valence-electron chi connectivity index (χ2n) is 5.95. The predicted octanol–water partition coefficient (Wildman–Crippen LogP) is 2.99. The molecular formula is C19H17N3O2S. The van der Waals surface area contributed by atoms with E-state index in [2.05, 4.69) is 16.0 Å². The van der Waals surface area contributed by atoms with Gasteiger partial charge in [-0.05, 0) is 36.6 Å². The number of rotatable bonds is 3. The Kier molecular flexibility index (Phi) is 4.28. The van der Waals surface area contributed by atoms with Crippen LogP contribution in [0, 0.1) is 0 Å². The van der Waals surface area contributed by atoms with Gasteiger partial charge in [0.25, 0.3) is 5.56 Å². The molecule has 126 valence electrons. The summed E-state index contributed by atoms with van der Waals surface area (Å²) in [6.45, 7) is 0.734. The molecule has 1 amide bonds. The van der Waals surface area contributed by atoms with E-state index in [0.717, 1.165) is 25.1 Å². The van der Waals surface area contributed by atoms with Gasteiger partial charge in [-0.25, -0.2) is 4.98 Å². The van der Waals surface area contributed by atoms with Gasteiger partial charge in [0.1, 0.15) is 0 Å². The number of aryl methyl sites for hydroxylation is 1. The number of nitrogens with zero attached hydrogens (tertiary/aromatic N) is 2. The lowest BCUT2D eigenvalue weighted by Crippen LogP contribution is -2.36. The van der Waals surface area contributed by atoms with Crippen LogP contribution in [0.1, 0.15) is 12.0 Å². The average molecular weight is 351 g/mol. The highest BCUT2D eigenvalue weighted by molar-refractivity contribution is 7.99. The van der Waals surface area contributed by atoms with Crippen LogP contribution < -0.4 is 10.5 Å². The number of aromatic nitrogens is 2. The molecule has 0 spiro atoms. The Morgan fingerprint density at radius 1 is 1.16 bits per heavy atom. The van der Waals surface area contributed by atoms with Crippen LogP contribution in [-0.4, -0.2) is 28.2 Å². The monoisotopic (exact) mass is 351 g/mol. The molecule has 1 aliphatic heterocycles. The van der Waals surface area contributed by atoms with E-state index in [0.29, 0.717) is 16.1 Å². The van der Waals surface area contributed by atoms with E-state index in [4.69, 9.17) is 0 Å². The lowest BCUT2D eigenvalue weighted by atomic mass is 10.0. The van der Waals surface area contributed by atoms with Gasteiger partial charge in [-0.15, -0.1) is 0 Å². The zero-order valence-electron chi connectivity index (χ0n) is 13.6. The summed E-state index contributed by atoms with van der Waals surface area (Å²) in [6.07, 6.45) is 1.98. The van der Waals surface area contributed by atoms with Crippen molar-refractivity contribution in [1.29, 1.82) is 0 Å². The number of anilines is 1. The summed E-state index contributed by atoms with van der Waals surface area (Å²) in [7, 11) is 0. The molecule has 0 saturated carbocycles. The van der Waals surface area contributed by atoms with Crippen LogP contribution in [0.3, 0.4) is 0 Å². The maximum absolute atomic E-state index is 12.7. The molecule has 2 heterocycles. The molecule has 2 aromatic carbocycles. The minimum Gasteiger partial charge on any atom is -0.311 e. The van der Waals surface area contributed by atoms with Crippen molar-refractivity contribution in [2.24, 2.45) is 0 Å². The summed E-state index contributed by atoms with van der Waals surface area (Å²) < 4.78 is 0. The number of carbonyl (C=O) groups excluding carboxylic acids is 1. The molecule has 0 saturated heterocycles. The Morgan fingerprint density at radius 2 is 1.96 bits per heavy atom. The largest absolute Gasteiger partial charge is 0.311 e. The summed E-state index contributed by atoms with van der Waals surface area (Å²) in [5, 5.41) is 1.03. The number of carbonyl (C=O) groups is 1. The minimum atomic E-state index is -0.177. The van der Waals surface area contributed by atoms with Crippen molar-refractivity contribution in [3.63, 3.8) is 0 Å². The molecule has 1 aromatic heterocycles. The fourth-order valence-electron chi connectivity index (χ4n) is 3.13. The third-order valence-corrected chi connectivity index (χ3v) is 5.19. The first kappa shape index (κ1) is 15.9. The molecule has 1 aliphatic rings. The highest BCUT2D eigenvalue weighted by Crippen LogP contribution is 2.27. The first-order valence-corrected chi connectivity index (χ1v) is 9.21. The topological polar surface area (TPSA) is 66.1 Å². The van der Waals surface area contributed by atoms with Crippen molar-refractivity contribution in [3.8, 4) is 0 Å². The molecule has 4 rings (SSSR count). The molecule has 0 fully saturated rings. The highest BCUT2D eigenvalue weighted by atomic mass is 32.2. The van der Waals surface area contributed by atoms with Crippen LogP contribution in [0.25, 0.3) is 10.9 Å². The van der Waals surface area contributed by atoms with E-state index in [1.165, 1.54) is 17.3 Å². The second kappa shape index (κ2) is 6.72. The zero-order valence-corrected chi connectivity index (χ0v) is 14.4. The van der Waals surface area contributed by atoms with Crippen LogP contribution in [0.5, 0.6) is 0 Å². The molecule has 0 atom stereocenters. The van der Waals surface area contributed by atoms with E-state index in [1.54, 1.807) is 12.1 Å². The first-order chi connectivity index (χ1) is 12.2. The molecule has 5 nitrogen and oxygen atoms in total. The number of aromatic amines is 1. The Bertz CT molecular complexity index is 999. The van der Waals surface area contributed by atoms with E-state index in [-0.39, 0.29) is 17.2 Å². The van der Waals surface area contributed by atoms with Crippen LogP contribution in [-0.2, 0) is 11.2 Å². The summed E-state index contributed by atoms with van der Waals surface area (Å²) in [6, 6.07) is 15.2. The lowest BCUT2D eigenvalue weighted by Gasteiger charge is -2.29. The summed E-state index contributed by atoms with van der Waals surface area (Å²) >= 11 is 1.27. The van der Waals surface area contributed by atoms with Crippen LogP contribution in [0.15, 0.2) is 58.5 Å². The molecule has 25 heavy (non-hydrogen) atoms. The molecule has 0 bridgehead atoms. The lowest BCUT2D eigenvalue weighted by molar-refractivity contribution is -0.116. The SMILES string of the molecule is O=C(CSc1nc2ccccc2c(=O)[nH]1)N1CCCc2ccccc21. The van der Waals surface area contributed by atoms with Gasteiger partial charge in [0, 0.05) is 12.2 Å². The third-order valence-electron chi connectivity index (χ3n) is 4.33.